The third-order valence-electron chi connectivity index (χ3n) is 3.72. The van der Waals surface area contributed by atoms with Gasteiger partial charge in [-0.15, -0.1) is 0 Å². The van der Waals surface area contributed by atoms with Crippen molar-refractivity contribution in [2.24, 2.45) is 0 Å². The van der Waals surface area contributed by atoms with Gasteiger partial charge in [0.1, 0.15) is 5.75 Å². The third kappa shape index (κ3) is 6.10. The molecule has 0 unspecified atom stereocenters. The fourth-order valence-corrected chi connectivity index (χ4v) is 2.34. The molecule has 1 amide bonds. The van der Waals surface area contributed by atoms with Crippen LogP contribution in [0.5, 0.6) is 5.75 Å². The summed E-state index contributed by atoms with van der Waals surface area (Å²) in [5.41, 5.74) is 6.65. The van der Waals surface area contributed by atoms with Gasteiger partial charge in [-0.2, -0.15) is 0 Å². The van der Waals surface area contributed by atoms with E-state index in [2.05, 4.69) is 27.1 Å². The molecule has 0 bridgehead atoms. The van der Waals surface area contributed by atoms with Crippen LogP contribution in [-0.4, -0.2) is 60.6 Å². The lowest BCUT2D eigenvalue weighted by Crippen LogP contribution is -2.23. The monoisotopic (exact) mass is 385 g/mol. The molecule has 0 saturated carbocycles. The molecule has 2 aromatic rings. The SMILES string of the molecule is CCOC(=O)CCN(C)CC#CC(=O)Nc1cc2cnc(N)nc2cc1OC. The van der Waals surface area contributed by atoms with Gasteiger partial charge >= 0.3 is 5.97 Å². The van der Waals surface area contributed by atoms with E-state index in [0.717, 1.165) is 0 Å². The summed E-state index contributed by atoms with van der Waals surface area (Å²) in [6, 6.07) is 3.36. The van der Waals surface area contributed by atoms with Crippen molar-refractivity contribution in [1.29, 1.82) is 0 Å². The van der Waals surface area contributed by atoms with Gasteiger partial charge in [0, 0.05) is 24.2 Å². The summed E-state index contributed by atoms with van der Waals surface area (Å²) < 4.78 is 10.2. The first kappa shape index (κ1) is 20.9. The fraction of sp³-hybridized carbons (Fsp3) is 0.368. The molecular weight excluding hydrogens is 362 g/mol. The van der Waals surface area contributed by atoms with Gasteiger partial charge in [-0.05, 0) is 26.0 Å². The molecule has 0 saturated heterocycles. The van der Waals surface area contributed by atoms with Crippen LogP contribution in [-0.2, 0) is 14.3 Å². The number of esters is 1. The average molecular weight is 385 g/mol. The minimum absolute atomic E-state index is 0.157. The van der Waals surface area contributed by atoms with Crippen LogP contribution in [0.4, 0.5) is 11.6 Å². The van der Waals surface area contributed by atoms with Crippen molar-refractivity contribution >= 4 is 34.4 Å². The zero-order valence-electron chi connectivity index (χ0n) is 16.1. The first-order valence-electron chi connectivity index (χ1n) is 8.67. The Bertz CT molecular complexity index is 920. The highest BCUT2D eigenvalue weighted by molar-refractivity contribution is 6.06. The zero-order chi connectivity index (χ0) is 20.5. The number of methoxy groups -OCH3 is 1. The van der Waals surface area contributed by atoms with E-state index in [1.807, 2.05) is 11.9 Å². The summed E-state index contributed by atoms with van der Waals surface area (Å²) in [6.07, 6.45) is 1.84. The molecule has 0 spiro atoms. The first-order valence-corrected chi connectivity index (χ1v) is 8.67. The number of amides is 1. The van der Waals surface area contributed by atoms with Crippen LogP contribution in [0.25, 0.3) is 10.9 Å². The summed E-state index contributed by atoms with van der Waals surface area (Å²) in [5, 5.41) is 3.40. The second kappa shape index (κ2) is 10.1. The highest BCUT2D eigenvalue weighted by Crippen LogP contribution is 2.29. The van der Waals surface area contributed by atoms with Gasteiger partial charge in [0.25, 0.3) is 5.91 Å². The van der Waals surface area contributed by atoms with Crippen molar-refractivity contribution in [2.45, 2.75) is 13.3 Å². The second-order valence-electron chi connectivity index (χ2n) is 5.89. The Morgan fingerprint density at radius 1 is 1.36 bits per heavy atom. The first-order chi connectivity index (χ1) is 13.4. The smallest absolute Gasteiger partial charge is 0.307 e. The lowest BCUT2D eigenvalue weighted by atomic mass is 10.2. The number of nitrogens with zero attached hydrogens (tertiary/aromatic N) is 3. The van der Waals surface area contributed by atoms with Crippen LogP contribution < -0.4 is 15.8 Å². The van der Waals surface area contributed by atoms with Crippen molar-refractivity contribution < 1.29 is 19.1 Å². The zero-order valence-corrected chi connectivity index (χ0v) is 16.1. The van der Waals surface area contributed by atoms with Crippen molar-refractivity contribution in [3.63, 3.8) is 0 Å². The number of hydrogen-bond acceptors (Lipinski definition) is 8. The Morgan fingerprint density at radius 3 is 2.86 bits per heavy atom. The van der Waals surface area contributed by atoms with Crippen molar-refractivity contribution in [1.82, 2.24) is 14.9 Å². The maximum Gasteiger partial charge on any atom is 0.307 e. The highest BCUT2D eigenvalue weighted by atomic mass is 16.5. The molecule has 1 heterocycles. The van der Waals surface area contributed by atoms with Crippen LogP contribution in [0.15, 0.2) is 18.3 Å². The summed E-state index contributed by atoms with van der Waals surface area (Å²) in [4.78, 5) is 33.3. The Balaban J connectivity index is 1.97. The largest absolute Gasteiger partial charge is 0.494 e. The number of aromatic nitrogens is 2. The van der Waals surface area contributed by atoms with Crippen LogP contribution in [0, 0.1) is 11.8 Å². The predicted molar refractivity (Wildman–Crippen MR) is 106 cm³/mol. The molecule has 3 N–H and O–H groups in total. The topological polar surface area (TPSA) is 120 Å². The fourth-order valence-electron chi connectivity index (χ4n) is 2.34. The summed E-state index contributed by atoms with van der Waals surface area (Å²) in [7, 11) is 3.30. The average Bonchev–Trinajstić information content (AvgIpc) is 2.66. The van der Waals surface area contributed by atoms with Crippen molar-refractivity contribution in [3.05, 3.63) is 18.3 Å². The molecule has 9 heteroatoms. The van der Waals surface area contributed by atoms with Crippen LogP contribution >= 0.6 is 0 Å². The maximum atomic E-state index is 12.1. The van der Waals surface area contributed by atoms with Gasteiger partial charge in [0.05, 0.1) is 37.9 Å². The molecule has 1 aromatic heterocycles. The number of fused-ring (bicyclic) bond motifs is 1. The molecule has 0 aliphatic rings. The van der Waals surface area contributed by atoms with Crippen molar-refractivity contribution in [2.75, 3.05) is 44.9 Å². The number of anilines is 2. The molecule has 0 aliphatic heterocycles. The molecule has 2 rings (SSSR count). The number of carbonyl (C=O) groups excluding carboxylic acids is 2. The lowest BCUT2D eigenvalue weighted by molar-refractivity contribution is -0.143. The molecule has 28 heavy (non-hydrogen) atoms. The van der Waals surface area contributed by atoms with Gasteiger partial charge in [-0.25, -0.2) is 9.97 Å². The molecule has 0 atom stereocenters. The molecule has 0 radical (unpaired) electrons. The van der Waals surface area contributed by atoms with Gasteiger partial charge in [-0.3, -0.25) is 14.5 Å². The minimum Gasteiger partial charge on any atom is -0.494 e. The van der Waals surface area contributed by atoms with E-state index < -0.39 is 5.91 Å². The van der Waals surface area contributed by atoms with Gasteiger partial charge < -0.3 is 20.5 Å². The minimum atomic E-state index is -0.479. The van der Waals surface area contributed by atoms with E-state index in [1.165, 1.54) is 7.11 Å². The van der Waals surface area contributed by atoms with E-state index in [4.69, 9.17) is 15.2 Å². The third-order valence-corrected chi connectivity index (χ3v) is 3.72. The van der Waals surface area contributed by atoms with Gasteiger partial charge in [0.15, 0.2) is 0 Å². The number of nitrogens with two attached hydrogens (primary N) is 1. The summed E-state index contributed by atoms with van der Waals surface area (Å²) >= 11 is 0. The number of nitrogen functional groups attached to an aromatic ring is 1. The lowest BCUT2D eigenvalue weighted by Gasteiger charge is -2.12. The summed E-state index contributed by atoms with van der Waals surface area (Å²) in [6.45, 7) is 2.96. The number of rotatable bonds is 7. The van der Waals surface area contributed by atoms with Crippen LogP contribution in [0.3, 0.4) is 0 Å². The Labute approximate surface area is 163 Å². The molecule has 0 fully saturated rings. The number of carbonyl (C=O) groups is 2. The van der Waals surface area contributed by atoms with Crippen molar-refractivity contribution in [3.8, 4) is 17.6 Å². The van der Waals surface area contributed by atoms with E-state index in [9.17, 15) is 9.59 Å². The quantitative estimate of drug-likeness (QED) is 0.536. The predicted octanol–water partition coefficient (Wildman–Crippen LogP) is 1.05. The van der Waals surface area contributed by atoms with Gasteiger partial charge in [-0.1, -0.05) is 5.92 Å². The second-order valence-corrected chi connectivity index (χ2v) is 5.89. The Kier molecular flexibility index (Phi) is 7.54. The van der Waals surface area contributed by atoms with E-state index in [0.29, 0.717) is 42.0 Å². The molecule has 148 valence electrons. The Morgan fingerprint density at radius 2 is 2.14 bits per heavy atom. The maximum absolute atomic E-state index is 12.1. The highest BCUT2D eigenvalue weighted by Gasteiger charge is 2.10. The summed E-state index contributed by atoms with van der Waals surface area (Å²) in [5.74, 6) is 5.15. The standard InChI is InChI=1S/C19H23N5O4/c1-4-28-18(26)7-9-24(2)8-5-6-17(25)22-15-10-13-12-21-19(20)23-14(13)11-16(15)27-3/h10-12H,4,7-9H2,1-3H3,(H,22,25)(H2,20,21,23). The molecule has 0 aliphatic carbocycles. The number of benzene rings is 1. The van der Waals surface area contributed by atoms with Gasteiger partial charge in [0.2, 0.25) is 5.95 Å². The van der Waals surface area contributed by atoms with E-state index in [-0.39, 0.29) is 18.3 Å². The number of hydrogen-bond donors (Lipinski definition) is 2. The van der Waals surface area contributed by atoms with E-state index >= 15 is 0 Å². The number of nitrogens with one attached hydrogen (secondary N) is 1. The molecule has 9 nitrogen and oxygen atoms in total. The molecule has 1 aromatic carbocycles. The van der Waals surface area contributed by atoms with E-state index in [1.54, 1.807) is 25.3 Å². The Hall–Kier alpha value is -3.38. The normalized spacial score (nSPS) is 10.3. The molecular formula is C19H23N5O4. The number of ether oxygens (including phenoxy) is 2. The van der Waals surface area contributed by atoms with Crippen LogP contribution in [0.1, 0.15) is 13.3 Å². The van der Waals surface area contributed by atoms with Crippen LogP contribution in [0.2, 0.25) is 0 Å².